The summed E-state index contributed by atoms with van der Waals surface area (Å²) in [7, 11) is 0. The first-order chi connectivity index (χ1) is 12.8. The molecule has 0 saturated carbocycles. The Kier molecular flexibility index (Phi) is 4.55. The van der Waals surface area contributed by atoms with Crippen LogP contribution in [0.4, 0.5) is 4.79 Å². The summed E-state index contributed by atoms with van der Waals surface area (Å²) in [5.74, 6) is 1.53. The van der Waals surface area contributed by atoms with Crippen molar-refractivity contribution in [1.29, 1.82) is 0 Å². The van der Waals surface area contributed by atoms with Crippen LogP contribution in [0, 0.1) is 0 Å². The summed E-state index contributed by atoms with van der Waals surface area (Å²) in [5.41, 5.74) is 3.00. The summed E-state index contributed by atoms with van der Waals surface area (Å²) < 4.78 is 10.7. The second kappa shape index (κ2) is 7.31. The number of nitrogens with zero attached hydrogens (tertiary/aromatic N) is 1. The maximum absolute atomic E-state index is 12.0. The Balaban J connectivity index is 1.28. The molecule has 2 N–H and O–H groups in total. The highest BCUT2D eigenvalue weighted by atomic mass is 16.7. The number of ether oxygens (including phenoxy) is 2. The monoisotopic (exact) mass is 349 g/mol. The second-order valence-electron chi connectivity index (χ2n) is 6.04. The molecule has 2 heterocycles. The fourth-order valence-electron chi connectivity index (χ4n) is 2.96. The standard InChI is InChI=1S/C20H19N3O3/c24-20(22-10-8-14-6-7-17-18(11-14)26-13-25-17)23-12-16-4-1-3-15-5-2-9-21-19(15)16/h1-7,9,11H,8,10,12-13H2,(H2,22,23,24). The Morgan fingerprint density at radius 3 is 2.88 bits per heavy atom. The number of urea groups is 1. The van der Waals surface area contributed by atoms with E-state index in [1.807, 2.05) is 48.5 Å². The van der Waals surface area contributed by atoms with Gasteiger partial charge in [-0.25, -0.2) is 4.79 Å². The molecule has 0 fully saturated rings. The number of pyridine rings is 1. The van der Waals surface area contributed by atoms with Crippen LogP contribution in [0.3, 0.4) is 0 Å². The Bertz CT molecular complexity index is 937. The van der Waals surface area contributed by atoms with Gasteiger partial charge in [-0.15, -0.1) is 0 Å². The van der Waals surface area contributed by atoms with Gasteiger partial charge >= 0.3 is 6.03 Å². The molecular weight excluding hydrogens is 330 g/mol. The van der Waals surface area contributed by atoms with Crippen molar-refractivity contribution in [1.82, 2.24) is 15.6 Å². The molecule has 0 spiro atoms. The molecule has 0 radical (unpaired) electrons. The van der Waals surface area contributed by atoms with Gasteiger partial charge in [0.15, 0.2) is 11.5 Å². The fourth-order valence-corrected chi connectivity index (χ4v) is 2.96. The lowest BCUT2D eigenvalue weighted by molar-refractivity contribution is 0.174. The van der Waals surface area contributed by atoms with E-state index in [4.69, 9.17) is 9.47 Å². The van der Waals surface area contributed by atoms with Gasteiger partial charge in [0.1, 0.15) is 0 Å². The molecule has 1 aliphatic heterocycles. The average molecular weight is 349 g/mol. The Hall–Kier alpha value is -3.28. The van der Waals surface area contributed by atoms with Crippen molar-refractivity contribution in [3.8, 4) is 11.5 Å². The van der Waals surface area contributed by atoms with Crippen LogP contribution in [0.15, 0.2) is 54.7 Å². The zero-order valence-electron chi connectivity index (χ0n) is 14.2. The highest BCUT2D eigenvalue weighted by molar-refractivity contribution is 5.82. The van der Waals surface area contributed by atoms with Gasteiger partial charge in [-0.1, -0.05) is 30.3 Å². The number of para-hydroxylation sites is 1. The maximum Gasteiger partial charge on any atom is 0.315 e. The van der Waals surface area contributed by atoms with Gasteiger partial charge in [-0.2, -0.15) is 0 Å². The van der Waals surface area contributed by atoms with E-state index in [0.717, 1.165) is 39.9 Å². The van der Waals surface area contributed by atoms with Gasteiger partial charge in [0.05, 0.1) is 5.52 Å². The molecule has 0 saturated heterocycles. The first-order valence-corrected chi connectivity index (χ1v) is 8.52. The number of aromatic nitrogens is 1. The predicted octanol–water partition coefficient (Wildman–Crippen LogP) is 3.01. The first kappa shape index (κ1) is 16.2. The molecule has 6 heteroatoms. The summed E-state index contributed by atoms with van der Waals surface area (Å²) in [6.45, 7) is 1.24. The summed E-state index contributed by atoms with van der Waals surface area (Å²) in [4.78, 5) is 16.4. The van der Waals surface area contributed by atoms with E-state index in [9.17, 15) is 4.79 Å². The molecule has 0 atom stereocenters. The molecule has 1 aliphatic rings. The third kappa shape index (κ3) is 3.54. The number of amides is 2. The van der Waals surface area contributed by atoms with Crippen LogP contribution in [0.2, 0.25) is 0 Å². The molecule has 0 aliphatic carbocycles. The number of hydrogen-bond acceptors (Lipinski definition) is 4. The van der Waals surface area contributed by atoms with Crippen molar-refractivity contribution in [2.75, 3.05) is 13.3 Å². The number of benzene rings is 2. The van der Waals surface area contributed by atoms with Crippen LogP contribution in [0.5, 0.6) is 11.5 Å². The third-order valence-electron chi connectivity index (χ3n) is 4.29. The minimum atomic E-state index is -0.196. The first-order valence-electron chi connectivity index (χ1n) is 8.52. The molecule has 0 bridgehead atoms. The lowest BCUT2D eigenvalue weighted by atomic mass is 10.1. The van der Waals surface area contributed by atoms with E-state index in [1.54, 1.807) is 6.20 Å². The highest BCUT2D eigenvalue weighted by Crippen LogP contribution is 2.32. The number of hydrogen-bond donors (Lipinski definition) is 2. The number of nitrogens with one attached hydrogen (secondary N) is 2. The van der Waals surface area contributed by atoms with E-state index in [-0.39, 0.29) is 12.8 Å². The molecule has 132 valence electrons. The Morgan fingerprint density at radius 1 is 1.04 bits per heavy atom. The molecular formula is C20H19N3O3. The number of carbonyl (C=O) groups excluding carboxylic acids is 1. The van der Waals surface area contributed by atoms with E-state index in [2.05, 4.69) is 15.6 Å². The average Bonchev–Trinajstić information content (AvgIpc) is 3.14. The van der Waals surface area contributed by atoms with Gasteiger partial charge in [0.25, 0.3) is 0 Å². The van der Waals surface area contributed by atoms with E-state index in [1.165, 1.54) is 0 Å². The SMILES string of the molecule is O=C(NCCc1ccc2c(c1)OCO2)NCc1cccc2cccnc12. The summed E-state index contributed by atoms with van der Waals surface area (Å²) >= 11 is 0. The van der Waals surface area contributed by atoms with E-state index in [0.29, 0.717) is 13.1 Å². The van der Waals surface area contributed by atoms with E-state index >= 15 is 0 Å². The lowest BCUT2D eigenvalue weighted by Crippen LogP contribution is -2.36. The normalized spacial score (nSPS) is 12.2. The molecule has 6 nitrogen and oxygen atoms in total. The summed E-state index contributed by atoms with van der Waals surface area (Å²) in [6.07, 6.45) is 2.48. The molecule has 1 aromatic heterocycles. The van der Waals surface area contributed by atoms with Crippen LogP contribution in [-0.2, 0) is 13.0 Å². The molecule has 0 unspecified atom stereocenters. The maximum atomic E-state index is 12.0. The Morgan fingerprint density at radius 2 is 1.92 bits per heavy atom. The second-order valence-corrected chi connectivity index (χ2v) is 6.04. The van der Waals surface area contributed by atoms with Crippen molar-refractivity contribution in [2.24, 2.45) is 0 Å². The van der Waals surface area contributed by atoms with Gasteiger partial charge < -0.3 is 20.1 Å². The van der Waals surface area contributed by atoms with Gasteiger partial charge in [0.2, 0.25) is 6.79 Å². The molecule has 26 heavy (non-hydrogen) atoms. The van der Waals surface area contributed by atoms with Crippen molar-refractivity contribution >= 4 is 16.9 Å². The zero-order valence-corrected chi connectivity index (χ0v) is 14.2. The molecule has 3 aromatic rings. The van der Waals surface area contributed by atoms with Crippen LogP contribution in [-0.4, -0.2) is 24.4 Å². The van der Waals surface area contributed by atoms with Crippen molar-refractivity contribution in [3.05, 3.63) is 65.9 Å². The molecule has 2 aromatic carbocycles. The predicted molar refractivity (Wildman–Crippen MR) is 98.3 cm³/mol. The van der Waals surface area contributed by atoms with Gasteiger partial charge in [-0.05, 0) is 35.7 Å². The highest BCUT2D eigenvalue weighted by Gasteiger charge is 2.13. The lowest BCUT2D eigenvalue weighted by Gasteiger charge is -2.09. The quantitative estimate of drug-likeness (QED) is 0.743. The number of fused-ring (bicyclic) bond motifs is 2. The molecule has 2 amide bonds. The minimum Gasteiger partial charge on any atom is -0.454 e. The van der Waals surface area contributed by atoms with Gasteiger partial charge in [-0.3, -0.25) is 4.98 Å². The molecule has 4 rings (SSSR count). The minimum absolute atomic E-state index is 0.196. The Labute approximate surface area is 151 Å². The van der Waals surface area contributed by atoms with Crippen molar-refractivity contribution in [2.45, 2.75) is 13.0 Å². The zero-order chi connectivity index (χ0) is 17.8. The third-order valence-corrected chi connectivity index (χ3v) is 4.29. The fraction of sp³-hybridized carbons (Fsp3) is 0.200. The largest absolute Gasteiger partial charge is 0.454 e. The van der Waals surface area contributed by atoms with Crippen LogP contribution >= 0.6 is 0 Å². The van der Waals surface area contributed by atoms with Crippen molar-refractivity contribution < 1.29 is 14.3 Å². The van der Waals surface area contributed by atoms with Crippen LogP contribution in [0.1, 0.15) is 11.1 Å². The van der Waals surface area contributed by atoms with Crippen LogP contribution in [0.25, 0.3) is 10.9 Å². The van der Waals surface area contributed by atoms with Gasteiger partial charge in [0, 0.05) is 24.7 Å². The summed E-state index contributed by atoms with van der Waals surface area (Å²) in [6, 6.07) is 15.5. The van der Waals surface area contributed by atoms with E-state index < -0.39 is 0 Å². The summed E-state index contributed by atoms with van der Waals surface area (Å²) in [5, 5.41) is 6.82. The topological polar surface area (TPSA) is 72.5 Å². The van der Waals surface area contributed by atoms with Crippen molar-refractivity contribution in [3.63, 3.8) is 0 Å². The number of rotatable bonds is 5. The number of carbonyl (C=O) groups is 1. The smallest absolute Gasteiger partial charge is 0.315 e. The van der Waals surface area contributed by atoms with Crippen LogP contribution < -0.4 is 20.1 Å².